The Morgan fingerprint density at radius 2 is 2.22 bits per heavy atom. The lowest BCUT2D eigenvalue weighted by Gasteiger charge is -2.26. The van der Waals surface area contributed by atoms with Crippen molar-refractivity contribution in [2.75, 3.05) is 0 Å². The van der Waals surface area contributed by atoms with Crippen molar-refractivity contribution < 1.29 is 19.4 Å². The van der Waals surface area contributed by atoms with Crippen LogP contribution in [0.3, 0.4) is 0 Å². The number of aliphatic hydroxyl groups excluding tert-OH is 1. The molecule has 1 rings (SSSR count). The predicted octanol–water partition coefficient (Wildman–Crippen LogP) is 3.34. The molecule has 0 saturated carbocycles. The van der Waals surface area contributed by atoms with Gasteiger partial charge in [-0.05, 0) is 12.8 Å². The highest BCUT2D eigenvalue weighted by molar-refractivity contribution is 9.09. The Bertz CT molecular complexity index is 446. The van der Waals surface area contributed by atoms with E-state index >= 15 is 0 Å². The fraction of sp³-hybridized carbons (Fsp3) is 0.706. The average molecular weight is 452 g/mol. The number of hydrogen-bond acceptors (Lipinski definition) is 4. The highest BCUT2D eigenvalue weighted by Crippen LogP contribution is 2.31. The Morgan fingerprint density at radius 1 is 1.52 bits per heavy atom. The lowest BCUT2D eigenvalue weighted by molar-refractivity contribution is -0.148. The lowest BCUT2D eigenvalue weighted by Crippen LogP contribution is -2.34. The Balaban J connectivity index is 2.67. The van der Waals surface area contributed by atoms with Crippen LogP contribution in [-0.2, 0) is 14.3 Å². The molecule has 6 heteroatoms. The summed E-state index contributed by atoms with van der Waals surface area (Å²) in [6.45, 7) is 3.45. The van der Waals surface area contributed by atoms with Crippen LogP contribution in [0.5, 0.6) is 0 Å². The molecule has 1 N–H and O–H groups in total. The maximum atomic E-state index is 11.4. The van der Waals surface area contributed by atoms with Crippen molar-refractivity contribution >= 4 is 37.8 Å². The molecule has 0 amide bonds. The van der Waals surface area contributed by atoms with Crippen molar-refractivity contribution in [1.82, 2.24) is 0 Å². The summed E-state index contributed by atoms with van der Waals surface area (Å²) in [7, 11) is 0. The molecule has 0 spiro atoms. The summed E-state index contributed by atoms with van der Waals surface area (Å²) in [5.41, 5.74) is 0. The standard InChI is InChI=1S/C17H24Br2O4/c1-4-6-7-8-13(19)16(22-11(3)20)10-17-14(21)9-15(23-17)12(18)5-2/h2,6-7,12-17,21H,4,8-10H2,1,3H3. The fourth-order valence-electron chi connectivity index (χ4n) is 2.53. The summed E-state index contributed by atoms with van der Waals surface area (Å²) in [5.74, 6) is 2.22. The average Bonchev–Trinajstić information content (AvgIpc) is 2.86. The second kappa shape index (κ2) is 10.5. The molecule has 0 aliphatic carbocycles. The molecule has 6 unspecified atom stereocenters. The summed E-state index contributed by atoms with van der Waals surface area (Å²) in [6.07, 6.45) is 10.5. The quantitative estimate of drug-likeness (QED) is 0.266. The molecule has 1 aliphatic heterocycles. The zero-order valence-electron chi connectivity index (χ0n) is 13.5. The molecule has 1 aliphatic rings. The van der Waals surface area contributed by atoms with E-state index in [1.54, 1.807) is 0 Å². The molecule has 6 atom stereocenters. The zero-order valence-corrected chi connectivity index (χ0v) is 16.6. The van der Waals surface area contributed by atoms with Crippen LogP contribution in [-0.4, -0.2) is 45.1 Å². The van der Waals surface area contributed by atoms with Gasteiger partial charge in [0, 0.05) is 19.8 Å². The maximum Gasteiger partial charge on any atom is 0.302 e. The number of alkyl halides is 2. The molecule has 23 heavy (non-hydrogen) atoms. The minimum Gasteiger partial charge on any atom is -0.461 e. The number of rotatable bonds is 8. The van der Waals surface area contributed by atoms with Crippen LogP contribution in [0.1, 0.15) is 39.5 Å². The predicted molar refractivity (Wildman–Crippen MR) is 97.8 cm³/mol. The third kappa shape index (κ3) is 6.96. The Hall–Kier alpha value is -0.350. The van der Waals surface area contributed by atoms with Crippen LogP contribution in [0.4, 0.5) is 0 Å². The van der Waals surface area contributed by atoms with E-state index in [9.17, 15) is 9.90 Å². The number of hydrogen-bond donors (Lipinski definition) is 1. The van der Waals surface area contributed by atoms with E-state index in [2.05, 4.69) is 56.9 Å². The topological polar surface area (TPSA) is 55.8 Å². The van der Waals surface area contributed by atoms with E-state index < -0.39 is 12.2 Å². The highest BCUT2D eigenvalue weighted by Gasteiger charge is 2.39. The maximum absolute atomic E-state index is 11.4. The van der Waals surface area contributed by atoms with Crippen molar-refractivity contribution in [3.63, 3.8) is 0 Å². The molecule has 4 nitrogen and oxygen atoms in total. The second-order valence-electron chi connectivity index (χ2n) is 5.60. The Morgan fingerprint density at radius 3 is 2.78 bits per heavy atom. The summed E-state index contributed by atoms with van der Waals surface area (Å²) >= 11 is 6.94. The van der Waals surface area contributed by atoms with Crippen molar-refractivity contribution in [3.05, 3.63) is 12.2 Å². The fourth-order valence-corrected chi connectivity index (χ4v) is 3.41. The lowest BCUT2D eigenvalue weighted by atomic mass is 10.0. The third-order valence-electron chi connectivity index (χ3n) is 3.69. The number of esters is 1. The van der Waals surface area contributed by atoms with Gasteiger partial charge in [0.2, 0.25) is 0 Å². The van der Waals surface area contributed by atoms with E-state index in [0.717, 1.165) is 12.8 Å². The molecule has 0 aromatic heterocycles. The van der Waals surface area contributed by atoms with E-state index in [1.165, 1.54) is 6.92 Å². The van der Waals surface area contributed by atoms with Gasteiger partial charge in [0.15, 0.2) is 0 Å². The molecular formula is C17H24Br2O4. The largest absolute Gasteiger partial charge is 0.461 e. The van der Waals surface area contributed by atoms with E-state index in [1.807, 2.05) is 0 Å². The first-order valence-corrected chi connectivity index (χ1v) is 9.62. The number of carbonyl (C=O) groups is 1. The molecular weight excluding hydrogens is 428 g/mol. The zero-order chi connectivity index (χ0) is 17.4. The summed E-state index contributed by atoms with van der Waals surface area (Å²) in [5, 5.41) is 10.2. The van der Waals surface area contributed by atoms with Gasteiger partial charge in [0.05, 0.1) is 23.1 Å². The van der Waals surface area contributed by atoms with Gasteiger partial charge >= 0.3 is 5.97 Å². The molecule has 1 saturated heterocycles. The molecule has 1 fully saturated rings. The summed E-state index contributed by atoms with van der Waals surface area (Å²) < 4.78 is 11.3. The van der Waals surface area contributed by atoms with E-state index in [4.69, 9.17) is 15.9 Å². The van der Waals surface area contributed by atoms with Crippen LogP contribution in [0.15, 0.2) is 12.2 Å². The SMILES string of the molecule is C#CC(Br)C1CC(O)C(CC(OC(C)=O)C(Br)CC=CCC)O1. The van der Waals surface area contributed by atoms with Crippen molar-refractivity contribution in [2.24, 2.45) is 0 Å². The third-order valence-corrected chi connectivity index (χ3v) is 5.50. The van der Waals surface area contributed by atoms with Gasteiger partial charge in [-0.25, -0.2) is 0 Å². The number of carbonyl (C=O) groups excluding carboxylic acids is 1. The molecule has 0 aromatic rings. The monoisotopic (exact) mass is 450 g/mol. The van der Waals surface area contributed by atoms with Gasteiger partial charge in [-0.1, -0.05) is 56.9 Å². The normalized spacial score (nSPS) is 28.3. The number of aliphatic hydroxyl groups is 1. The number of ether oxygens (including phenoxy) is 2. The van der Waals surface area contributed by atoms with Crippen LogP contribution >= 0.6 is 31.9 Å². The van der Waals surface area contributed by atoms with Crippen LogP contribution in [0.2, 0.25) is 0 Å². The molecule has 130 valence electrons. The van der Waals surface area contributed by atoms with Crippen LogP contribution in [0.25, 0.3) is 0 Å². The Kier molecular flexibility index (Phi) is 9.45. The first-order chi connectivity index (χ1) is 10.9. The van der Waals surface area contributed by atoms with Gasteiger partial charge in [-0.3, -0.25) is 4.79 Å². The van der Waals surface area contributed by atoms with Crippen LogP contribution in [0, 0.1) is 12.3 Å². The molecule has 0 bridgehead atoms. The second-order valence-corrected chi connectivity index (χ2v) is 7.76. The van der Waals surface area contributed by atoms with Crippen molar-refractivity contribution in [2.45, 2.75) is 73.6 Å². The minimum absolute atomic E-state index is 0.0311. The number of halogens is 2. The van der Waals surface area contributed by atoms with Gasteiger partial charge in [0.25, 0.3) is 0 Å². The molecule has 0 radical (unpaired) electrons. The van der Waals surface area contributed by atoms with E-state index in [0.29, 0.717) is 12.8 Å². The van der Waals surface area contributed by atoms with E-state index in [-0.39, 0.29) is 27.8 Å². The summed E-state index contributed by atoms with van der Waals surface area (Å²) in [6, 6.07) is 0. The van der Waals surface area contributed by atoms with Crippen molar-refractivity contribution in [1.29, 1.82) is 0 Å². The highest BCUT2D eigenvalue weighted by atomic mass is 79.9. The van der Waals surface area contributed by atoms with Gasteiger partial charge in [-0.15, -0.1) is 6.42 Å². The van der Waals surface area contributed by atoms with Gasteiger partial charge in [0.1, 0.15) is 10.9 Å². The van der Waals surface area contributed by atoms with Gasteiger partial charge in [-0.2, -0.15) is 0 Å². The smallest absolute Gasteiger partial charge is 0.302 e. The molecule has 0 aromatic carbocycles. The minimum atomic E-state index is -0.614. The first kappa shape index (κ1) is 20.7. The van der Waals surface area contributed by atoms with Crippen molar-refractivity contribution in [3.8, 4) is 12.3 Å². The van der Waals surface area contributed by atoms with Crippen LogP contribution < -0.4 is 0 Å². The number of terminal acetylenes is 1. The number of allylic oxidation sites excluding steroid dienone is 2. The Labute approximate surface area is 155 Å². The summed E-state index contributed by atoms with van der Waals surface area (Å²) in [4.78, 5) is 11.1. The molecule has 1 heterocycles. The first-order valence-electron chi connectivity index (χ1n) is 7.79. The van der Waals surface area contributed by atoms with Gasteiger partial charge < -0.3 is 14.6 Å².